The van der Waals surface area contributed by atoms with Gasteiger partial charge in [-0.1, -0.05) is 30.3 Å². The normalized spacial score (nSPS) is 15.3. The molecule has 1 fully saturated rings. The minimum atomic E-state index is 0.219. The lowest BCUT2D eigenvalue weighted by Gasteiger charge is -2.23. The second-order valence-electron chi connectivity index (χ2n) is 5.81. The number of piperidine rings is 1. The molecule has 1 N–H and O–H groups in total. The Morgan fingerprint density at radius 2 is 1.88 bits per heavy atom. The Kier molecular flexibility index (Phi) is 4.20. The maximum absolute atomic E-state index is 5.98. The molecule has 6 nitrogen and oxygen atoms in total. The van der Waals surface area contributed by atoms with Crippen LogP contribution < -0.4 is 10.1 Å². The number of ether oxygens (including phenoxy) is 1. The number of hydrogen-bond donors (Lipinski definition) is 1. The molecule has 0 spiro atoms. The highest BCUT2D eigenvalue weighted by Crippen LogP contribution is 2.20. The smallest absolute Gasteiger partial charge is 0.218 e. The fraction of sp³-hybridized carbons (Fsp3) is 0.278. The number of nitrogens with zero attached hydrogens (tertiary/aromatic N) is 4. The fourth-order valence-electron chi connectivity index (χ4n) is 2.83. The molecule has 0 aliphatic carbocycles. The molecule has 122 valence electrons. The zero-order valence-electron chi connectivity index (χ0n) is 13.3. The highest BCUT2D eigenvalue weighted by molar-refractivity contribution is 5.58. The first kappa shape index (κ1) is 14.8. The lowest BCUT2D eigenvalue weighted by Crippen LogP contribution is -2.34. The van der Waals surface area contributed by atoms with Crippen LogP contribution in [0.1, 0.15) is 12.8 Å². The monoisotopic (exact) mass is 321 g/mol. The van der Waals surface area contributed by atoms with E-state index in [4.69, 9.17) is 4.74 Å². The van der Waals surface area contributed by atoms with E-state index < -0.39 is 0 Å². The van der Waals surface area contributed by atoms with Crippen molar-refractivity contribution in [1.29, 1.82) is 0 Å². The second-order valence-corrected chi connectivity index (χ2v) is 5.81. The molecular formula is C18H19N5O. The number of aromatic nitrogens is 4. The highest BCUT2D eigenvalue weighted by atomic mass is 16.5. The molecule has 1 aliphatic rings. The Hall–Kier alpha value is -2.73. The third-order valence-corrected chi connectivity index (χ3v) is 4.12. The van der Waals surface area contributed by atoms with Gasteiger partial charge in [0.2, 0.25) is 5.88 Å². The Bertz CT molecular complexity index is 796. The van der Waals surface area contributed by atoms with Gasteiger partial charge in [-0.05, 0) is 25.9 Å². The molecular weight excluding hydrogens is 302 g/mol. The average Bonchev–Trinajstić information content (AvgIpc) is 3.14. The van der Waals surface area contributed by atoms with E-state index in [1.165, 1.54) is 6.33 Å². The summed E-state index contributed by atoms with van der Waals surface area (Å²) < 4.78 is 7.87. The zero-order valence-corrected chi connectivity index (χ0v) is 13.3. The van der Waals surface area contributed by atoms with E-state index in [0.717, 1.165) is 43.0 Å². The van der Waals surface area contributed by atoms with Gasteiger partial charge >= 0.3 is 0 Å². The number of rotatable bonds is 4. The molecule has 0 unspecified atom stereocenters. The van der Waals surface area contributed by atoms with Gasteiger partial charge in [0, 0.05) is 17.8 Å². The van der Waals surface area contributed by atoms with Crippen LogP contribution in [0.2, 0.25) is 0 Å². The van der Waals surface area contributed by atoms with Crippen molar-refractivity contribution in [2.24, 2.45) is 0 Å². The molecule has 4 rings (SSSR count). The number of benzene rings is 1. The first-order valence-corrected chi connectivity index (χ1v) is 8.18. The summed E-state index contributed by atoms with van der Waals surface area (Å²) in [5.41, 5.74) is 1.99. The average molecular weight is 321 g/mol. The summed E-state index contributed by atoms with van der Waals surface area (Å²) in [6.45, 7) is 1.98. The predicted octanol–water partition coefficient (Wildman–Crippen LogP) is 2.46. The molecule has 1 aliphatic heterocycles. The van der Waals surface area contributed by atoms with Gasteiger partial charge in [0.05, 0.1) is 5.69 Å². The number of imidazole rings is 1. The maximum atomic E-state index is 5.98. The van der Waals surface area contributed by atoms with Crippen LogP contribution in [0.5, 0.6) is 5.88 Å². The lowest BCUT2D eigenvalue weighted by atomic mass is 10.1. The molecule has 0 radical (unpaired) electrons. The van der Waals surface area contributed by atoms with E-state index in [9.17, 15) is 0 Å². The van der Waals surface area contributed by atoms with Gasteiger partial charge in [-0.2, -0.15) is 0 Å². The summed E-state index contributed by atoms with van der Waals surface area (Å²) in [5, 5.41) is 3.33. The molecule has 6 heteroatoms. The molecule has 1 aromatic carbocycles. The summed E-state index contributed by atoms with van der Waals surface area (Å²) in [7, 11) is 0. The topological polar surface area (TPSA) is 64.9 Å². The first-order chi connectivity index (χ1) is 11.9. The quantitative estimate of drug-likeness (QED) is 0.799. The van der Waals surface area contributed by atoms with Crippen molar-refractivity contribution in [3.8, 4) is 23.0 Å². The minimum absolute atomic E-state index is 0.219. The van der Waals surface area contributed by atoms with Crippen LogP contribution in [0.3, 0.4) is 0 Å². The van der Waals surface area contributed by atoms with Crippen LogP contribution in [-0.4, -0.2) is 38.7 Å². The molecule has 1 saturated heterocycles. The second kappa shape index (κ2) is 6.80. The fourth-order valence-corrected chi connectivity index (χ4v) is 2.83. The predicted molar refractivity (Wildman–Crippen MR) is 91.1 cm³/mol. The van der Waals surface area contributed by atoms with Gasteiger partial charge in [-0.3, -0.25) is 4.57 Å². The third kappa shape index (κ3) is 3.28. The van der Waals surface area contributed by atoms with Gasteiger partial charge in [-0.15, -0.1) is 0 Å². The van der Waals surface area contributed by atoms with Crippen LogP contribution in [0.15, 0.2) is 55.2 Å². The van der Waals surface area contributed by atoms with Gasteiger partial charge in [0.25, 0.3) is 0 Å². The van der Waals surface area contributed by atoms with Crippen molar-refractivity contribution >= 4 is 0 Å². The summed E-state index contributed by atoms with van der Waals surface area (Å²) in [6.07, 6.45) is 7.49. The molecule has 2 aromatic heterocycles. The Morgan fingerprint density at radius 1 is 1.04 bits per heavy atom. The van der Waals surface area contributed by atoms with Crippen LogP contribution in [0.25, 0.3) is 17.1 Å². The van der Waals surface area contributed by atoms with Crippen molar-refractivity contribution in [3.63, 3.8) is 0 Å². The lowest BCUT2D eigenvalue weighted by molar-refractivity contribution is 0.155. The van der Waals surface area contributed by atoms with E-state index in [2.05, 4.69) is 20.3 Å². The van der Waals surface area contributed by atoms with Crippen molar-refractivity contribution in [2.75, 3.05) is 13.1 Å². The van der Waals surface area contributed by atoms with Gasteiger partial charge in [-0.25, -0.2) is 15.0 Å². The van der Waals surface area contributed by atoms with Gasteiger partial charge < -0.3 is 10.1 Å². The number of nitrogens with one attached hydrogen (secondary N) is 1. The molecule has 0 bridgehead atoms. The molecule has 0 saturated carbocycles. The van der Waals surface area contributed by atoms with E-state index in [-0.39, 0.29) is 6.10 Å². The SMILES string of the molecule is c1ccc(-c2cn(-c3cc(OC4CCNCC4)ncn3)cn2)cc1. The van der Waals surface area contributed by atoms with Gasteiger partial charge in [0.1, 0.15) is 24.6 Å². The summed E-state index contributed by atoms with van der Waals surface area (Å²) in [5.74, 6) is 1.37. The Morgan fingerprint density at radius 3 is 2.71 bits per heavy atom. The van der Waals surface area contributed by atoms with Crippen molar-refractivity contribution < 1.29 is 4.74 Å². The zero-order chi connectivity index (χ0) is 16.2. The van der Waals surface area contributed by atoms with E-state index in [1.54, 1.807) is 6.33 Å². The van der Waals surface area contributed by atoms with E-state index >= 15 is 0 Å². The minimum Gasteiger partial charge on any atom is -0.474 e. The Balaban J connectivity index is 1.54. The largest absolute Gasteiger partial charge is 0.474 e. The first-order valence-electron chi connectivity index (χ1n) is 8.18. The molecule has 24 heavy (non-hydrogen) atoms. The van der Waals surface area contributed by atoms with Crippen LogP contribution >= 0.6 is 0 Å². The van der Waals surface area contributed by atoms with Crippen LogP contribution in [0, 0.1) is 0 Å². The van der Waals surface area contributed by atoms with E-state index in [1.807, 2.05) is 47.2 Å². The van der Waals surface area contributed by atoms with Crippen LogP contribution in [-0.2, 0) is 0 Å². The van der Waals surface area contributed by atoms with E-state index in [0.29, 0.717) is 5.88 Å². The van der Waals surface area contributed by atoms with Crippen molar-refractivity contribution in [2.45, 2.75) is 18.9 Å². The molecule has 3 heterocycles. The molecule has 0 amide bonds. The highest BCUT2D eigenvalue weighted by Gasteiger charge is 2.15. The van der Waals surface area contributed by atoms with Crippen molar-refractivity contribution in [3.05, 3.63) is 55.2 Å². The third-order valence-electron chi connectivity index (χ3n) is 4.12. The molecule has 0 atom stereocenters. The summed E-state index contributed by atoms with van der Waals surface area (Å²) >= 11 is 0. The Labute approximate surface area is 140 Å². The van der Waals surface area contributed by atoms with Crippen LogP contribution in [0.4, 0.5) is 0 Å². The van der Waals surface area contributed by atoms with Crippen molar-refractivity contribution in [1.82, 2.24) is 24.8 Å². The number of hydrogen-bond acceptors (Lipinski definition) is 5. The summed E-state index contributed by atoms with van der Waals surface area (Å²) in [4.78, 5) is 13.0. The summed E-state index contributed by atoms with van der Waals surface area (Å²) in [6, 6.07) is 11.9. The molecule has 3 aromatic rings. The standard InChI is InChI=1S/C18H19N5O/c1-2-4-14(5-3-1)16-11-23(13-22-16)17-10-18(21-12-20-17)24-15-6-8-19-9-7-15/h1-5,10-13,15,19H,6-9H2. The van der Waals surface area contributed by atoms with Gasteiger partial charge in [0.15, 0.2) is 0 Å². The maximum Gasteiger partial charge on any atom is 0.218 e.